The average Bonchev–Trinajstić information content (AvgIpc) is 2.65. The molecule has 27 heavy (non-hydrogen) atoms. The highest BCUT2D eigenvalue weighted by Crippen LogP contribution is 2.30. The predicted octanol–water partition coefficient (Wildman–Crippen LogP) is 2.87. The van der Waals surface area contributed by atoms with Crippen LogP contribution in [0.1, 0.15) is 12.5 Å². The summed E-state index contributed by atoms with van der Waals surface area (Å²) in [6, 6.07) is 11.5. The molecular weight excluding hydrogens is 352 g/mol. The quantitative estimate of drug-likeness (QED) is 0.535. The van der Waals surface area contributed by atoms with E-state index >= 15 is 0 Å². The monoisotopic (exact) mass is 374 g/mol. The molecule has 0 unspecified atom stereocenters. The number of carbonyl (C=O) groups excluding carboxylic acids is 1. The molecule has 1 amide bonds. The molecule has 0 aliphatic rings. The molecule has 0 fully saturated rings. The van der Waals surface area contributed by atoms with Crippen molar-refractivity contribution >= 4 is 11.6 Å². The van der Waals surface area contributed by atoms with Crippen molar-refractivity contribution in [2.75, 3.05) is 20.3 Å². The van der Waals surface area contributed by atoms with Gasteiger partial charge >= 0.3 is 5.69 Å². The zero-order chi connectivity index (χ0) is 19.8. The number of hydrogen-bond acceptors (Lipinski definition) is 6. The van der Waals surface area contributed by atoms with Crippen LogP contribution in [-0.2, 0) is 4.79 Å². The highest BCUT2D eigenvalue weighted by atomic mass is 16.6. The molecule has 0 aliphatic carbocycles. The summed E-state index contributed by atoms with van der Waals surface area (Å²) in [6.07, 6.45) is 0. The molecule has 2 rings (SSSR count). The molecular formula is C19H22N2O6. The van der Waals surface area contributed by atoms with E-state index in [0.29, 0.717) is 12.4 Å². The summed E-state index contributed by atoms with van der Waals surface area (Å²) in [5.74, 6) is 0.815. The van der Waals surface area contributed by atoms with Gasteiger partial charge in [-0.05, 0) is 31.5 Å². The number of nitro groups is 1. The summed E-state index contributed by atoms with van der Waals surface area (Å²) in [7, 11) is 1.33. The number of hydrogen-bond donors (Lipinski definition) is 1. The third-order valence-electron chi connectivity index (χ3n) is 3.71. The fourth-order valence-corrected chi connectivity index (χ4v) is 2.34. The smallest absolute Gasteiger partial charge is 0.311 e. The largest absolute Gasteiger partial charge is 0.491 e. The Morgan fingerprint density at radius 1 is 1.19 bits per heavy atom. The van der Waals surface area contributed by atoms with E-state index in [0.717, 1.165) is 11.3 Å². The Bertz CT molecular complexity index is 809. The summed E-state index contributed by atoms with van der Waals surface area (Å²) in [5, 5.41) is 13.6. The van der Waals surface area contributed by atoms with Gasteiger partial charge in [-0.15, -0.1) is 0 Å². The lowest BCUT2D eigenvalue weighted by Crippen LogP contribution is -2.39. The van der Waals surface area contributed by atoms with E-state index in [1.165, 1.54) is 25.3 Å². The number of carbonyl (C=O) groups is 1. The van der Waals surface area contributed by atoms with E-state index in [1.54, 1.807) is 0 Å². The van der Waals surface area contributed by atoms with Gasteiger partial charge in [0.15, 0.2) is 6.61 Å². The SMILES string of the molecule is COc1cc(OCC(=O)N[C@H](C)COc2ccccc2C)ccc1[N+](=O)[O-]. The van der Waals surface area contributed by atoms with Crippen molar-refractivity contribution in [2.24, 2.45) is 0 Å². The Morgan fingerprint density at radius 3 is 2.59 bits per heavy atom. The Labute approximate surface area is 157 Å². The van der Waals surface area contributed by atoms with Gasteiger partial charge in [0.1, 0.15) is 18.1 Å². The zero-order valence-electron chi connectivity index (χ0n) is 15.4. The summed E-state index contributed by atoms with van der Waals surface area (Å²) >= 11 is 0. The molecule has 8 nitrogen and oxygen atoms in total. The molecule has 0 bridgehead atoms. The van der Waals surface area contributed by atoms with Crippen LogP contribution in [0.5, 0.6) is 17.2 Å². The third-order valence-corrected chi connectivity index (χ3v) is 3.71. The minimum absolute atomic E-state index is 0.0675. The van der Waals surface area contributed by atoms with Crippen LogP contribution in [0.2, 0.25) is 0 Å². The molecule has 0 aromatic heterocycles. The van der Waals surface area contributed by atoms with E-state index in [4.69, 9.17) is 14.2 Å². The third kappa shape index (κ3) is 5.88. The second-order valence-electron chi connectivity index (χ2n) is 5.92. The van der Waals surface area contributed by atoms with Crippen molar-refractivity contribution in [3.05, 3.63) is 58.1 Å². The van der Waals surface area contributed by atoms with Crippen LogP contribution in [-0.4, -0.2) is 37.2 Å². The molecule has 2 aromatic carbocycles. The van der Waals surface area contributed by atoms with Gasteiger partial charge in [0.2, 0.25) is 5.75 Å². The molecule has 0 radical (unpaired) electrons. The first-order valence-corrected chi connectivity index (χ1v) is 8.33. The molecule has 1 N–H and O–H groups in total. The molecule has 0 spiro atoms. The first-order valence-electron chi connectivity index (χ1n) is 8.33. The normalized spacial score (nSPS) is 11.4. The maximum absolute atomic E-state index is 12.0. The number of amides is 1. The van der Waals surface area contributed by atoms with Crippen molar-refractivity contribution in [2.45, 2.75) is 19.9 Å². The molecule has 0 heterocycles. The van der Waals surface area contributed by atoms with Gasteiger partial charge in [0.05, 0.1) is 18.1 Å². The molecule has 2 aromatic rings. The first-order chi connectivity index (χ1) is 12.9. The second kappa shape index (κ2) is 9.42. The van der Waals surface area contributed by atoms with Gasteiger partial charge in [-0.1, -0.05) is 18.2 Å². The van der Waals surface area contributed by atoms with Crippen LogP contribution in [0, 0.1) is 17.0 Å². The molecule has 1 atom stereocenters. The van der Waals surface area contributed by atoms with Crippen LogP contribution >= 0.6 is 0 Å². The molecule has 8 heteroatoms. The van der Waals surface area contributed by atoms with E-state index in [9.17, 15) is 14.9 Å². The van der Waals surface area contributed by atoms with Gasteiger partial charge in [0, 0.05) is 12.1 Å². The van der Waals surface area contributed by atoms with Crippen LogP contribution < -0.4 is 19.5 Å². The lowest BCUT2D eigenvalue weighted by atomic mass is 10.2. The maximum Gasteiger partial charge on any atom is 0.311 e. The maximum atomic E-state index is 12.0. The number of nitrogens with zero attached hydrogens (tertiary/aromatic N) is 1. The van der Waals surface area contributed by atoms with Crippen molar-refractivity contribution in [3.8, 4) is 17.2 Å². The van der Waals surface area contributed by atoms with Crippen molar-refractivity contribution in [3.63, 3.8) is 0 Å². The molecule has 0 aliphatic heterocycles. The Kier molecular flexibility index (Phi) is 6.99. The number of benzene rings is 2. The highest BCUT2D eigenvalue weighted by Gasteiger charge is 2.16. The van der Waals surface area contributed by atoms with Crippen LogP contribution in [0.3, 0.4) is 0 Å². The number of aryl methyl sites for hydroxylation is 1. The van der Waals surface area contributed by atoms with Gasteiger partial charge in [0.25, 0.3) is 5.91 Å². The van der Waals surface area contributed by atoms with E-state index < -0.39 is 4.92 Å². The van der Waals surface area contributed by atoms with Crippen LogP contribution in [0.25, 0.3) is 0 Å². The van der Waals surface area contributed by atoms with Crippen molar-refractivity contribution in [1.82, 2.24) is 5.32 Å². The minimum atomic E-state index is -0.550. The summed E-state index contributed by atoms with van der Waals surface area (Å²) < 4.78 is 16.0. The number of methoxy groups -OCH3 is 1. The molecule has 0 saturated heterocycles. The zero-order valence-corrected chi connectivity index (χ0v) is 15.4. The van der Waals surface area contributed by atoms with E-state index in [1.807, 2.05) is 38.1 Å². The lowest BCUT2D eigenvalue weighted by molar-refractivity contribution is -0.385. The fraction of sp³-hybridized carbons (Fsp3) is 0.316. The first kappa shape index (κ1) is 20.0. The Hall–Kier alpha value is -3.29. The fourth-order valence-electron chi connectivity index (χ4n) is 2.34. The molecule has 144 valence electrons. The molecule has 0 saturated carbocycles. The average molecular weight is 374 g/mol. The van der Waals surface area contributed by atoms with Gasteiger partial charge in [-0.3, -0.25) is 14.9 Å². The summed E-state index contributed by atoms with van der Waals surface area (Å²) in [6.45, 7) is 3.87. The predicted molar refractivity (Wildman–Crippen MR) is 99.4 cm³/mol. The Balaban J connectivity index is 1.82. The van der Waals surface area contributed by atoms with Crippen molar-refractivity contribution in [1.29, 1.82) is 0 Å². The number of rotatable bonds is 9. The van der Waals surface area contributed by atoms with Gasteiger partial charge in [-0.25, -0.2) is 0 Å². The highest BCUT2D eigenvalue weighted by molar-refractivity contribution is 5.77. The van der Waals surface area contributed by atoms with E-state index in [2.05, 4.69) is 5.32 Å². The van der Waals surface area contributed by atoms with Gasteiger partial charge < -0.3 is 19.5 Å². The van der Waals surface area contributed by atoms with E-state index in [-0.39, 0.29) is 30.0 Å². The number of para-hydroxylation sites is 1. The topological polar surface area (TPSA) is 99.9 Å². The summed E-state index contributed by atoms with van der Waals surface area (Å²) in [4.78, 5) is 22.3. The Morgan fingerprint density at radius 2 is 1.93 bits per heavy atom. The lowest BCUT2D eigenvalue weighted by Gasteiger charge is -2.16. The summed E-state index contributed by atoms with van der Waals surface area (Å²) in [5.41, 5.74) is 0.850. The van der Waals surface area contributed by atoms with Gasteiger partial charge in [-0.2, -0.15) is 0 Å². The standard InChI is InChI=1S/C19H22N2O6/c1-13-6-4-5-7-17(13)27-11-14(2)20-19(22)12-26-15-8-9-16(21(23)24)18(10-15)25-3/h4-10,14H,11-12H2,1-3H3,(H,20,22)/t14-/m1/s1. The minimum Gasteiger partial charge on any atom is -0.491 e. The number of nitro benzene ring substituents is 1. The van der Waals surface area contributed by atoms with Crippen LogP contribution in [0.4, 0.5) is 5.69 Å². The number of ether oxygens (including phenoxy) is 3. The van der Waals surface area contributed by atoms with Crippen molar-refractivity contribution < 1.29 is 23.9 Å². The number of nitrogens with one attached hydrogen (secondary N) is 1. The second-order valence-corrected chi connectivity index (χ2v) is 5.92. The van der Waals surface area contributed by atoms with Crippen LogP contribution in [0.15, 0.2) is 42.5 Å².